The van der Waals surface area contributed by atoms with Gasteiger partial charge in [0.15, 0.2) is 0 Å². The molecule has 2 aromatic heterocycles. The van der Waals surface area contributed by atoms with Crippen LogP contribution in [0.25, 0.3) is 0 Å². The van der Waals surface area contributed by atoms with Crippen molar-refractivity contribution in [2.45, 2.75) is 38.8 Å². The second-order valence-electron chi connectivity index (χ2n) is 5.06. The monoisotopic (exact) mass is 292 g/mol. The molecule has 0 aromatic carbocycles. The van der Waals surface area contributed by atoms with Crippen LogP contribution in [0.15, 0.2) is 24.4 Å². The number of aromatic nitrogens is 1. The molecule has 0 aliphatic heterocycles. The standard InChI is InChI=1S/C15H17ClN2S/c1-10-5-6-11(8-17-10)9-18-13-3-2-4-14-12(13)7-15(16)19-14/h5-8,13,18H,2-4,9H2,1H3. The van der Waals surface area contributed by atoms with Crippen molar-refractivity contribution in [3.63, 3.8) is 0 Å². The van der Waals surface area contributed by atoms with Crippen molar-refractivity contribution in [1.82, 2.24) is 10.3 Å². The van der Waals surface area contributed by atoms with Crippen LogP contribution in [0.5, 0.6) is 0 Å². The fourth-order valence-electron chi connectivity index (χ4n) is 2.58. The Morgan fingerprint density at radius 3 is 3.16 bits per heavy atom. The van der Waals surface area contributed by atoms with E-state index in [0.717, 1.165) is 16.6 Å². The molecule has 0 amide bonds. The van der Waals surface area contributed by atoms with Gasteiger partial charge in [0.25, 0.3) is 0 Å². The molecule has 2 heterocycles. The smallest absolute Gasteiger partial charge is 0.0934 e. The molecule has 0 radical (unpaired) electrons. The van der Waals surface area contributed by atoms with Crippen LogP contribution >= 0.6 is 22.9 Å². The third-order valence-corrected chi connectivity index (χ3v) is 4.95. The molecule has 0 bridgehead atoms. The van der Waals surface area contributed by atoms with E-state index < -0.39 is 0 Å². The van der Waals surface area contributed by atoms with Gasteiger partial charge in [-0.1, -0.05) is 17.7 Å². The van der Waals surface area contributed by atoms with E-state index in [4.69, 9.17) is 11.6 Å². The Balaban J connectivity index is 1.69. The van der Waals surface area contributed by atoms with Crippen LogP contribution in [0.1, 0.15) is 40.6 Å². The van der Waals surface area contributed by atoms with Gasteiger partial charge < -0.3 is 5.32 Å². The lowest BCUT2D eigenvalue weighted by molar-refractivity contribution is 0.463. The summed E-state index contributed by atoms with van der Waals surface area (Å²) >= 11 is 7.86. The van der Waals surface area contributed by atoms with Crippen molar-refractivity contribution in [3.8, 4) is 0 Å². The van der Waals surface area contributed by atoms with Crippen molar-refractivity contribution < 1.29 is 0 Å². The summed E-state index contributed by atoms with van der Waals surface area (Å²) < 4.78 is 0.913. The van der Waals surface area contributed by atoms with Gasteiger partial charge >= 0.3 is 0 Å². The number of halogens is 1. The average Bonchev–Trinajstić information content (AvgIpc) is 2.79. The van der Waals surface area contributed by atoms with Gasteiger partial charge in [0, 0.05) is 29.4 Å². The third-order valence-electron chi connectivity index (χ3n) is 3.61. The van der Waals surface area contributed by atoms with Crippen molar-refractivity contribution in [2.24, 2.45) is 0 Å². The molecule has 0 fully saturated rings. The van der Waals surface area contributed by atoms with Crippen LogP contribution in [0.3, 0.4) is 0 Å². The van der Waals surface area contributed by atoms with Crippen LogP contribution in [-0.4, -0.2) is 4.98 Å². The highest BCUT2D eigenvalue weighted by Gasteiger charge is 2.22. The van der Waals surface area contributed by atoms with E-state index in [2.05, 4.69) is 28.5 Å². The fraction of sp³-hybridized carbons (Fsp3) is 0.400. The molecule has 1 unspecified atom stereocenters. The van der Waals surface area contributed by atoms with Gasteiger partial charge in [0.1, 0.15) is 0 Å². The average molecular weight is 293 g/mol. The molecule has 0 spiro atoms. The third kappa shape index (κ3) is 2.99. The summed E-state index contributed by atoms with van der Waals surface area (Å²) in [5, 5.41) is 3.63. The summed E-state index contributed by atoms with van der Waals surface area (Å²) in [5.41, 5.74) is 3.70. The van der Waals surface area contributed by atoms with E-state index >= 15 is 0 Å². The van der Waals surface area contributed by atoms with Crippen molar-refractivity contribution in [3.05, 3.63) is 50.4 Å². The van der Waals surface area contributed by atoms with Gasteiger partial charge in [-0.2, -0.15) is 0 Å². The topological polar surface area (TPSA) is 24.9 Å². The Kier molecular flexibility index (Phi) is 3.87. The molecule has 2 aromatic rings. The number of hydrogen-bond donors (Lipinski definition) is 1. The first-order valence-electron chi connectivity index (χ1n) is 6.65. The second-order valence-corrected chi connectivity index (χ2v) is 6.83. The molecule has 1 N–H and O–H groups in total. The number of rotatable bonds is 3. The highest BCUT2D eigenvalue weighted by Crippen LogP contribution is 2.37. The van der Waals surface area contributed by atoms with Gasteiger partial charge in [-0.3, -0.25) is 4.98 Å². The van der Waals surface area contributed by atoms with Crippen LogP contribution < -0.4 is 5.32 Å². The molecule has 1 atom stereocenters. The van der Waals surface area contributed by atoms with Crippen LogP contribution in [0, 0.1) is 6.92 Å². The lowest BCUT2D eigenvalue weighted by atomic mass is 9.94. The summed E-state index contributed by atoms with van der Waals surface area (Å²) in [5.74, 6) is 0. The minimum Gasteiger partial charge on any atom is -0.306 e. The zero-order chi connectivity index (χ0) is 13.2. The van der Waals surface area contributed by atoms with Crippen molar-refractivity contribution in [1.29, 1.82) is 0 Å². The van der Waals surface area contributed by atoms with Crippen LogP contribution in [-0.2, 0) is 13.0 Å². The number of thiophene rings is 1. The van der Waals surface area contributed by atoms with Crippen molar-refractivity contribution >= 4 is 22.9 Å². The van der Waals surface area contributed by atoms with Gasteiger partial charge in [-0.25, -0.2) is 0 Å². The molecule has 1 aliphatic rings. The van der Waals surface area contributed by atoms with Gasteiger partial charge in [0.2, 0.25) is 0 Å². The molecule has 2 nitrogen and oxygen atoms in total. The first kappa shape index (κ1) is 13.1. The highest BCUT2D eigenvalue weighted by atomic mass is 35.5. The van der Waals surface area contributed by atoms with E-state index in [1.807, 2.05) is 13.1 Å². The maximum absolute atomic E-state index is 6.13. The molecule has 3 rings (SSSR count). The predicted molar refractivity (Wildman–Crippen MR) is 80.8 cm³/mol. The Hall–Kier alpha value is -0.900. The summed E-state index contributed by atoms with van der Waals surface area (Å²) in [6, 6.07) is 6.77. The Morgan fingerprint density at radius 1 is 1.47 bits per heavy atom. The maximum Gasteiger partial charge on any atom is 0.0934 e. The minimum atomic E-state index is 0.439. The second kappa shape index (κ2) is 5.61. The number of pyridine rings is 1. The first-order valence-corrected chi connectivity index (χ1v) is 7.85. The lowest BCUT2D eigenvalue weighted by Gasteiger charge is -2.23. The normalized spacial score (nSPS) is 18.3. The number of hydrogen-bond acceptors (Lipinski definition) is 3. The fourth-order valence-corrected chi connectivity index (χ4v) is 3.96. The molecular formula is C15H17ClN2S. The van der Waals surface area contributed by atoms with Crippen LogP contribution in [0.4, 0.5) is 0 Å². The van der Waals surface area contributed by atoms with E-state index in [-0.39, 0.29) is 0 Å². The molecule has 19 heavy (non-hydrogen) atoms. The minimum absolute atomic E-state index is 0.439. The van der Waals surface area contributed by atoms with Crippen molar-refractivity contribution in [2.75, 3.05) is 0 Å². The number of nitrogens with one attached hydrogen (secondary N) is 1. The van der Waals surface area contributed by atoms with Gasteiger partial charge in [-0.05, 0) is 49.4 Å². The number of fused-ring (bicyclic) bond motifs is 1. The Morgan fingerprint density at radius 2 is 2.37 bits per heavy atom. The predicted octanol–water partition coefficient (Wildman–Crippen LogP) is 4.27. The molecule has 0 saturated heterocycles. The summed E-state index contributed by atoms with van der Waals surface area (Å²) in [7, 11) is 0. The van der Waals surface area contributed by atoms with E-state index in [1.54, 1.807) is 11.3 Å². The van der Waals surface area contributed by atoms with Crippen LogP contribution in [0.2, 0.25) is 4.34 Å². The summed E-state index contributed by atoms with van der Waals surface area (Å²) in [6.45, 7) is 2.88. The zero-order valence-corrected chi connectivity index (χ0v) is 12.5. The Bertz CT molecular complexity index is 562. The number of aryl methyl sites for hydroxylation is 2. The quantitative estimate of drug-likeness (QED) is 0.914. The molecule has 1 aliphatic carbocycles. The molecule has 4 heteroatoms. The SMILES string of the molecule is Cc1ccc(CNC2CCCc3sc(Cl)cc32)cn1. The lowest BCUT2D eigenvalue weighted by Crippen LogP contribution is -2.23. The van der Waals surface area contributed by atoms with Gasteiger partial charge in [0.05, 0.1) is 4.34 Å². The molecular weight excluding hydrogens is 276 g/mol. The maximum atomic E-state index is 6.13. The zero-order valence-electron chi connectivity index (χ0n) is 10.9. The first-order chi connectivity index (χ1) is 9.22. The number of nitrogens with zero attached hydrogens (tertiary/aromatic N) is 1. The Labute approximate surface area is 122 Å². The van der Waals surface area contributed by atoms with E-state index in [1.165, 1.54) is 35.3 Å². The molecule has 0 saturated carbocycles. The van der Waals surface area contributed by atoms with Gasteiger partial charge in [-0.15, -0.1) is 11.3 Å². The summed E-state index contributed by atoms with van der Waals surface area (Å²) in [4.78, 5) is 5.79. The largest absolute Gasteiger partial charge is 0.306 e. The molecule has 100 valence electrons. The highest BCUT2D eigenvalue weighted by molar-refractivity contribution is 7.16. The summed E-state index contributed by atoms with van der Waals surface area (Å²) in [6.07, 6.45) is 5.57. The van der Waals surface area contributed by atoms with E-state index in [0.29, 0.717) is 6.04 Å². The van der Waals surface area contributed by atoms with E-state index in [9.17, 15) is 0 Å².